The van der Waals surface area contributed by atoms with Crippen LogP contribution in [0.5, 0.6) is 6.01 Å². The molecule has 1 fully saturated rings. The fraction of sp³-hybridized carbons (Fsp3) is 0.409. The Morgan fingerprint density at radius 1 is 1.20 bits per heavy atom. The maximum absolute atomic E-state index is 12.3. The zero-order valence-electron chi connectivity index (χ0n) is 17.5. The quantitative estimate of drug-likeness (QED) is 0.583. The van der Waals surface area contributed by atoms with Crippen LogP contribution in [0.1, 0.15) is 30.9 Å². The summed E-state index contributed by atoms with van der Waals surface area (Å²) in [7, 11) is 1.97. The number of hydrogen-bond acceptors (Lipinski definition) is 6. The Morgan fingerprint density at radius 3 is 2.73 bits per heavy atom. The molecule has 0 radical (unpaired) electrons. The molecule has 30 heavy (non-hydrogen) atoms. The third-order valence-corrected chi connectivity index (χ3v) is 5.39. The molecular weight excluding hydrogens is 380 g/mol. The van der Waals surface area contributed by atoms with Crippen LogP contribution in [0.3, 0.4) is 0 Å². The molecule has 8 heteroatoms. The normalized spacial score (nSPS) is 15.1. The van der Waals surface area contributed by atoms with Crippen LogP contribution in [-0.2, 0) is 11.2 Å². The molecule has 0 spiro atoms. The maximum Gasteiger partial charge on any atom is 0.319 e. The Hall–Kier alpha value is -3.13. The first-order valence-electron chi connectivity index (χ1n) is 10.4. The molecule has 1 saturated heterocycles. The van der Waals surface area contributed by atoms with Gasteiger partial charge in [0.25, 0.3) is 0 Å². The van der Waals surface area contributed by atoms with Crippen LogP contribution in [0.25, 0.3) is 11.0 Å². The highest BCUT2D eigenvalue weighted by Gasteiger charge is 2.22. The number of anilines is 2. The van der Waals surface area contributed by atoms with E-state index in [2.05, 4.69) is 34.0 Å². The van der Waals surface area contributed by atoms with Gasteiger partial charge in [0.15, 0.2) is 5.82 Å². The number of piperazine rings is 1. The molecule has 4 rings (SSSR count). The average Bonchev–Trinajstić information content (AvgIpc) is 3.12. The molecule has 1 aliphatic heterocycles. The first-order chi connectivity index (χ1) is 14.5. The predicted octanol–water partition coefficient (Wildman–Crippen LogP) is 2.59. The summed E-state index contributed by atoms with van der Waals surface area (Å²) in [5.74, 6) is 0.526. The molecule has 0 unspecified atom stereocenters. The van der Waals surface area contributed by atoms with E-state index in [0.717, 1.165) is 47.2 Å². The monoisotopic (exact) mass is 408 g/mol. The minimum absolute atomic E-state index is 0.135. The van der Waals surface area contributed by atoms with E-state index in [9.17, 15) is 4.79 Å². The number of likely N-dealkylation sites (N-methyl/N-ethyl adjacent to an activating group) is 1. The number of fused-ring (bicyclic) bond motifs is 1. The fourth-order valence-electron chi connectivity index (χ4n) is 3.64. The van der Waals surface area contributed by atoms with Gasteiger partial charge in [-0.2, -0.15) is 9.97 Å². The first kappa shape index (κ1) is 20.2. The minimum Gasteiger partial charge on any atom is -0.463 e. The van der Waals surface area contributed by atoms with Crippen LogP contribution >= 0.6 is 0 Å². The number of amides is 1. The molecule has 3 aromatic rings. The molecule has 1 amide bonds. The number of ether oxygens (including phenoxy) is 1. The zero-order valence-corrected chi connectivity index (χ0v) is 17.5. The summed E-state index contributed by atoms with van der Waals surface area (Å²) >= 11 is 0. The van der Waals surface area contributed by atoms with E-state index >= 15 is 0 Å². The standard InChI is InChI=1S/C22H28N6O2/c1-3-4-11-30-22-25-19-16(13-24-20(19)21(23)26-22)12-15-5-7-17(8-6-15)28-10-9-27(2)14-18(28)29/h5-8,13,24H,3-4,9-12,14H2,1-2H3,(H2,23,25,26). The Bertz CT molecular complexity index is 1030. The van der Waals surface area contributed by atoms with E-state index in [4.69, 9.17) is 10.5 Å². The third-order valence-electron chi connectivity index (χ3n) is 5.39. The molecule has 8 nitrogen and oxygen atoms in total. The van der Waals surface area contributed by atoms with E-state index in [1.54, 1.807) is 0 Å². The summed E-state index contributed by atoms with van der Waals surface area (Å²) < 4.78 is 5.65. The van der Waals surface area contributed by atoms with Crippen molar-refractivity contribution in [3.63, 3.8) is 0 Å². The number of carbonyl (C=O) groups excluding carboxylic acids is 1. The van der Waals surface area contributed by atoms with Crippen LogP contribution in [0.15, 0.2) is 30.5 Å². The summed E-state index contributed by atoms with van der Waals surface area (Å²) in [5, 5.41) is 0. The number of hydrogen-bond donors (Lipinski definition) is 2. The number of nitrogen functional groups attached to an aromatic ring is 1. The second-order valence-corrected chi connectivity index (χ2v) is 7.76. The smallest absolute Gasteiger partial charge is 0.319 e. The average molecular weight is 409 g/mol. The number of carbonyl (C=O) groups is 1. The molecule has 0 atom stereocenters. The van der Waals surface area contributed by atoms with Crippen molar-refractivity contribution < 1.29 is 9.53 Å². The Kier molecular flexibility index (Phi) is 5.85. The second-order valence-electron chi connectivity index (χ2n) is 7.76. The van der Waals surface area contributed by atoms with E-state index in [0.29, 0.717) is 37.9 Å². The van der Waals surface area contributed by atoms with Gasteiger partial charge in [0.2, 0.25) is 5.91 Å². The Balaban J connectivity index is 1.52. The van der Waals surface area contributed by atoms with Gasteiger partial charge < -0.3 is 20.4 Å². The van der Waals surface area contributed by atoms with Gasteiger partial charge in [-0.25, -0.2) is 0 Å². The van der Waals surface area contributed by atoms with E-state index in [-0.39, 0.29) is 5.91 Å². The summed E-state index contributed by atoms with van der Waals surface area (Å²) in [5.41, 5.74) is 10.7. The fourth-order valence-corrected chi connectivity index (χ4v) is 3.64. The van der Waals surface area contributed by atoms with Gasteiger partial charge in [0.1, 0.15) is 11.0 Å². The molecule has 2 aromatic heterocycles. The van der Waals surface area contributed by atoms with Gasteiger partial charge in [0, 0.05) is 37.0 Å². The lowest BCUT2D eigenvalue weighted by atomic mass is 10.1. The largest absolute Gasteiger partial charge is 0.463 e. The number of unbranched alkanes of at least 4 members (excludes halogenated alkanes) is 1. The van der Waals surface area contributed by atoms with Gasteiger partial charge >= 0.3 is 6.01 Å². The molecule has 1 aliphatic rings. The Morgan fingerprint density at radius 2 is 2.00 bits per heavy atom. The summed E-state index contributed by atoms with van der Waals surface area (Å²) in [6.45, 7) is 4.74. The number of nitrogens with zero attached hydrogens (tertiary/aromatic N) is 4. The van der Waals surface area contributed by atoms with Gasteiger partial charge in [-0.05, 0) is 31.2 Å². The number of nitrogens with two attached hydrogens (primary N) is 1. The van der Waals surface area contributed by atoms with Crippen molar-refractivity contribution in [3.8, 4) is 6.01 Å². The van der Waals surface area contributed by atoms with Crippen molar-refractivity contribution in [2.24, 2.45) is 0 Å². The van der Waals surface area contributed by atoms with Crippen molar-refractivity contribution in [2.75, 3.05) is 43.9 Å². The van der Waals surface area contributed by atoms with E-state index in [1.807, 2.05) is 35.2 Å². The highest BCUT2D eigenvalue weighted by atomic mass is 16.5. The molecule has 0 bridgehead atoms. The van der Waals surface area contributed by atoms with Gasteiger partial charge in [-0.1, -0.05) is 25.5 Å². The molecule has 3 N–H and O–H groups in total. The highest BCUT2D eigenvalue weighted by Crippen LogP contribution is 2.26. The molecule has 0 saturated carbocycles. The topological polar surface area (TPSA) is 100 Å². The predicted molar refractivity (Wildman–Crippen MR) is 118 cm³/mol. The minimum atomic E-state index is 0.135. The summed E-state index contributed by atoms with van der Waals surface area (Å²) in [4.78, 5) is 28.2. The molecule has 1 aromatic carbocycles. The SMILES string of the molecule is CCCCOc1nc(N)c2[nH]cc(Cc3ccc(N4CCN(C)CC4=O)cc3)c2n1. The van der Waals surface area contributed by atoms with Crippen LogP contribution in [-0.4, -0.2) is 59.0 Å². The Labute approximate surface area is 176 Å². The maximum atomic E-state index is 12.3. The van der Waals surface area contributed by atoms with Crippen LogP contribution in [0.2, 0.25) is 0 Å². The number of aromatic amines is 1. The van der Waals surface area contributed by atoms with Crippen LogP contribution in [0, 0.1) is 0 Å². The lowest BCUT2D eigenvalue weighted by molar-refractivity contribution is -0.120. The molecule has 158 valence electrons. The lowest BCUT2D eigenvalue weighted by Crippen LogP contribution is -2.48. The van der Waals surface area contributed by atoms with Gasteiger partial charge in [-0.3, -0.25) is 9.69 Å². The highest BCUT2D eigenvalue weighted by molar-refractivity contribution is 5.95. The zero-order chi connectivity index (χ0) is 21.1. The van der Waals surface area contributed by atoms with Crippen molar-refractivity contribution in [1.82, 2.24) is 19.9 Å². The molecule has 3 heterocycles. The number of benzene rings is 1. The van der Waals surface area contributed by atoms with Gasteiger partial charge in [0.05, 0.1) is 13.2 Å². The van der Waals surface area contributed by atoms with Crippen LogP contribution < -0.4 is 15.4 Å². The van der Waals surface area contributed by atoms with Crippen molar-refractivity contribution in [1.29, 1.82) is 0 Å². The summed E-state index contributed by atoms with van der Waals surface area (Å²) in [6.07, 6.45) is 4.61. The molecule has 0 aliphatic carbocycles. The van der Waals surface area contributed by atoms with E-state index < -0.39 is 0 Å². The van der Waals surface area contributed by atoms with E-state index in [1.165, 1.54) is 0 Å². The molecular formula is C22H28N6O2. The number of rotatable bonds is 7. The van der Waals surface area contributed by atoms with Crippen LogP contribution in [0.4, 0.5) is 11.5 Å². The number of H-pyrrole nitrogens is 1. The van der Waals surface area contributed by atoms with Crippen molar-refractivity contribution in [2.45, 2.75) is 26.2 Å². The van der Waals surface area contributed by atoms with Crippen molar-refractivity contribution in [3.05, 3.63) is 41.6 Å². The second kappa shape index (κ2) is 8.71. The summed E-state index contributed by atoms with van der Waals surface area (Å²) in [6, 6.07) is 8.45. The van der Waals surface area contributed by atoms with Crippen molar-refractivity contribution >= 4 is 28.4 Å². The van der Waals surface area contributed by atoms with Gasteiger partial charge in [-0.15, -0.1) is 0 Å². The third kappa shape index (κ3) is 4.23. The number of nitrogens with one attached hydrogen (secondary N) is 1. The number of aromatic nitrogens is 3. The lowest BCUT2D eigenvalue weighted by Gasteiger charge is -2.32. The first-order valence-corrected chi connectivity index (χ1v) is 10.4.